The van der Waals surface area contributed by atoms with Crippen molar-refractivity contribution in [3.05, 3.63) is 84.4 Å². The molecule has 0 spiro atoms. The maximum absolute atomic E-state index is 12.3. The number of ether oxygens (including phenoxy) is 1. The molecular weight excluding hydrogens is 341 g/mol. The zero-order valence-corrected chi connectivity index (χ0v) is 14.8. The minimum Gasteiger partial charge on any atom is -0.491 e. The molecule has 0 atom stereocenters. The lowest BCUT2D eigenvalue weighted by molar-refractivity contribution is 0.100. The van der Waals surface area contributed by atoms with Crippen LogP contribution in [0.1, 0.15) is 16.8 Å². The highest BCUT2D eigenvalue weighted by Gasteiger charge is 2.05. The molecule has 3 rings (SSSR count). The second-order valence-electron chi connectivity index (χ2n) is 5.91. The first-order valence-electron chi connectivity index (χ1n) is 8.76. The van der Waals surface area contributed by atoms with E-state index in [9.17, 15) is 9.18 Å². The van der Waals surface area contributed by atoms with Gasteiger partial charge in [0.05, 0.1) is 5.69 Å². The quantitative estimate of drug-likeness (QED) is 0.383. The van der Waals surface area contributed by atoms with Crippen LogP contribution in [-0.4, -0.2) is 25.3 Å². The molecule has 3 aromatic carbocycles. The van der Waals surface area contributed by atoms with E-state index >= 15 is 0 Å². The Labute approximate surface area is 158 Å². The lowest BCUT2D eigenvalue weighted by Crippen LogP contribution is -1.99. The molecule has 0 radical (unpaired) electrons. The van der Waals surface area contributed by atoms with Crippen molar-refractivity contribution in [2.75, 3.05) is 13.3 Å². The average Bonchev–Trinajstić information content (AvgIpc) is 2.74. The van der Waals surface area contributed by atoms with E-state index in [1.807, 2.05) is 54.6 Å². The first kappa shape index (κ1) is 18.5. The van der Waals surface area contributed by atoms with Crippen molar-refractivity contribution in [2.45, 2.75) is 6.42 Å². The molecule has 0 fully saturated rings. The Hall–Kier alpha value is -3.27. The Morgan fingerprint density at radius 2 is 1.56 bits per heavy atom. The highest BCUT2D eigenvalue weighted by Crippen LogP contribution is 2.20. The number of carbonyl (C=O) groups excluding carboxylic acids is 1. The van der Waals surface area contributed by atoms with Crippen LogP contribution in [0, 0.1) is 0 Å². The van der Waals surface area contributed by atoms with E-state index in [1.165, 1.54) is 0 Å². The van der Waals surface area contributed by atoms with Crippen LogP contribution in [0.15, 0.2) is 83.9 Å². The van der Waals surface area contributed by atoms with Crippen molar-refractivity contribution in [1.82, 2.24) is 0 Å². The lowest BCUT2D eigenvalue weighted by Gasteiger charge is -2.03. The summed E-state index contributed by atoms with van der Waals surface area (Å²) in [7, 11) is 0. The summed E-state index contributed by atoms with van der Waals surface area (Å²) in [6.07, 6.45) is 1.83. The summed E-state index contributed by atoms with van der Waals surface area (Å²) < 4.78 is 17.2. The molecule has 0 aromatic heterocycles. The van der Waals surface area contributed by atoms with E-state index in [1.54, 1.807) is 30.5 Å². The molecule has 0 saturated heterocycles. The summed E-state index contributed by atoms with van der Waals surface area (Å²) in [5, 5.41) is 0. The molecule has 3 aromatic rings. The Morgan fingerprint density at radius 1 is 0.889 bits per heavy atom. The third-order valence-corrected chi connectivity index (χ3v) is 4.01. The van der Waals surface area contributed by atoms with Gasteiger partial charge in [-0.3, -0.25) is 9.79 Å². The fraction of sp³-hybridized carbons (Fsp3) is 0.130. The minimum atomic E-state index is -0.520. The van der Waals surface area contributed by atoms with Crippen LogP contribution in [-0.2, 0) is 0 Å². The molecule has 3 nitrogen and oxygen atoms in total. The first-order chi connectivity index (χ1) is 13.3. The third-order valence-electron chi connectivity index (χ3n) is 4.01. The molecule has 0 heterocycles. The van der Waals surface area contributed by atoms with Crippen LogP contribution < -0.4 is 4.74 Å². The van der Waals surface area contributed by atoms with E-state index in [4.69, 9.17) is 4.74 Å². The Bertz CT molecular complexity index is 888. The van der Waals surface area contributed by atoms with Crippen LogP contribution in [0.25, 0.3) is 11.1 Å². The van der Waals surface area contributed by atoms with Crippen molar-refractivity contribution in [2.24, 2.45) is 4.99 Å². The van der Waals surface area contributed by atoms with Gasteiger partial charge in [0, 0.05) is 18.2 Å². The third kappa shape index (κ3) is 5.35. The molecule has 0 N–H and O–H groups in total. The number of rotatable bonds is 8. The van der Waals surface area contributed by atoms with Gasteiger partial charge in [0.1, 0.15) is 19.0 Å². The van der Waals surface area contributed by atoms with Crippen molar-refractivity contribution < 1.29 is 13.9 Å². The number of aliphatic imine (C=N–C) groups is 1. The van der Waals surface area contributed by atoms with Gasteiger partial charge in [-0.15, -0.1) is 0 Å². The standard InChI is InChI=1S/C23H20FNO2/c24-15-17-27-22-12-10-21(11-13-22)25-16-14-23(26)20-8-6-19(7-9-20)18-4-2-1-3-5-18/h1-13,16H,14-15,17H2. The number of Topliss-reactive ketones (excluding diaryl/α,β-unsaturated/α-hetero) is 1. The highest BCUT2D eigenvalue weighted by atomic mass is 19.1. The van der Waals surface area contributed by atoms with Crippen LogP contribution in [0.3, 0.4) is 0 Å². The summed E-state index contributed by atoms with van der Waals surface area (Å²) in [4.78, 5) is 16.6. The van der Waals surface area contributed by atoms with Crippen LogP contribution in [0.2, 0.25) is 0 Å². The number of hydrogen-bond acceptors (Lipinski definition) is 3. The maximum atomic E-state index is 12.3. The van der Waals surface area contributed by atoms with Gasteiger partial charge in [0.25, 0.3) is 0 Å². The van der Waals surface area contributed by atoms with Crippen LogP contribution >= 0.6 is 0 Å². The second kappa shape index (κ2) is 9.43. The van der Waals surface area contributed by atoms with Gasteiger partial charge in [0.2, 0.25) is 0 Å². The molecule has 0 aliphatic rings. The molecule has 0 unspecified atom stereocenters. The highest BCUT2D eigenvalue weighted by molar-refractivity contribution is 6.04. The van der Waals surface area contributed by atoms with Gasteiger partial charge in [-0.25, -0.2) is 4.39 Å². The lowest BCUT2D eigenvalue weighted by atomic mass is 10.0. The summed E-state index contributed by atoms with van der Waals surface area (Å²) >= 11 is 0. The molecule has 0 aliphatic heterocycles. The monoisotopic (exact) mass is 361 g/mol. The minimum absolute atomic E-state index is 0.0151. The van der Waals surface area contributed by atoms with Gasteiger partial charge >= 0.3 is 0 Å². The molecular formula is C23H20FNO2. The molecule has 0 saturated carbocycles. The molecule has 4 heteroatoms. The van der Waals surface area contributed by atoms with E-state index in [0.29, 0.717) is 11.3 Å². The largest absolute Gasteiger partial charge is 0.491 e. The zero-order chi connectivity index (χ0) is 18.9. The number of ketones is 1. The summed E-state index contributed by atoms with van der Waals surface area (Å²) in [6, 6.07) is 24.6. The topological polar surface area (TPSA) is 38.7 Å². The number of carbonyl (C=O) groups is 1. The SMILES string of the molecule is O=C(CC=Nc1ccc(OCCF)cc1)c1ccc(-c2ccccc2)cc1. The van der Waals surface area contributed by atoms with Gasteiger partial charge in [0.15, 0.2) is 5.78 Å². The van der Waals surface area contributed by atoms with Gasteiger partial charge in [-0.1, -0.05) is 54.6 Å². The number of alkyl halides is 1. The van der Waals surface area contributed by atoms with Crippen molar-refractivity contribution in [1.29, 1.82) is 0 Å². The van der Waals surface area contributed by atoms with E-state index in [0.717, 1.165) is 16.8 Å². The fourth-order valence-electron chi connectivity index (χ4n) is 2.62. The fourth-order valence-corrected chi connectivity index (χ4v) is 2.62. The number of hydrogen-bond donors (Lipinski definition) is 0. The van der Waals surface area contributed by atoms with E-state index in [2.05, 4.69) is 4.99 Å². The smallest absolute Gasteiger partial charge is 0.168 e. The Kier molecular flexibility index (Phi) is 6.47. The van der Waals surface area contributed by atoms with Gasteiger partial charge < -0.3 is 4.74 Å². The predicted molar refractivity (Wildman–Crippen MR) is 107 cm³/mol. The summed E-state index contributed by atoms with van der Waals surface area (Å²) in [5.74, 6) is 0.613. The van der Waals surface area contributed by atoms with Gasteiger partial charge in [-0.05, 0) is 35.4 Å². The van der Waals surface area contributed by atoms with Crippen molar-refractivity contribution in [3.8, 4) is 16.9 Å². The van der Waals surface area contributed by atoms with Crippen LogP contribution in [0.4, 0.5) is 10.1 Å². The normalized spacial score (nSPS) is 10.9. The van der Waals surface area contributed by atoms with E-state index in [-0.39, 0.29) is 18.8 Å². The van der Waals surface area contributed by atoms with E-state index < -0.39 is 6.67 Å². The summed E-state index contributed by atoms with van der Waals surface area (Å²) in [6.45, 7) is -0.478. The van der Waals surface area contributed by atoms with Crippen molar-refractivity contribution >= 4 is 17.7 Å². The van der Waals surface area contributed by atoms with Crippen molar-refractivity contribution in [3.63, 3.8) is 0 Å². The number of halogens is 1. The first-order valence-corrected chi connectivity index (χ1v) is 8.76. The molecule has 0 amide bonds. The number of nitrogens with zero attached hydrogens (tertiary/aromatic N) is 1. The predicted octanol–water partition coefficient (Wildman–Crippen LogP) is 5.68. The zero-order valence-electron chi connectivity index (χ0n) is 14.8. The number of benzene rings is 3. The summed E-state index contributed by atoms with van der Waals surface area (Å²) in [5.41, 5.74) is 3.58. The maximum Gasteiger partial charge on any atom is 0.168 e. The van der Waals surface area contributed by atoms with Gasteiger partial charge in [-0.2, -0.15) is 0 Å². The van der Waals surface area contributed by atoms with Crippen LogP contribution in [0.5, 0.6) is 5.75 Å². The molecule has 27 heavy (non-hydrogen) atoms. The molecule has 0 aliphatic carbocycles. The second-order valence-corrected chi connectivity index (χ2v) is 5.91. The molecule has 0 bridgehead atoms. The Balaban J connectivity index is 1.56. The molecule has 136 valence electrons. The average molecular weight is 361 g/mol. The Morgan fingerprint density at radius 3 is 2.22 bits per heavy atom.